The van der Waals surface area contributed by atoms with Crippen LogP contribution in [0.2, 0.25) is 10.0 Å². The number of nitrogens with zero attached hydrogens (tertiary/aromatic N) is 5. The van der Waals surface area contributed by atoms with E-state index in [1.165, 1.54) is 10.9 Å². The summed E-state index contributed by atoms with van der Waals surface area (Å²) < 4.78 is 2.89. The first-order valence-electron chi connectivity index (χ1n) is 10.5. The van der Waals surface area contributed by atoms with E-state index in [0.29, 0.717) is 22.9 Å². The van der Waals surface area contributed by atoms with E-state index in [1.54, 1.807) is 24.1 Å². The lowest BCUT2D eigenvalue weighted by molar-refractivity contribution is 0.180. The van der Waals surface area contributed by atoms with E-state index >= 15 is 0 Å². The highest BCUT2D eigenvalue weighted by Gasteiger charge is 2.21. The Balaban J connectivity index is 1.33. The van der Waals surface area contributed by atoms with Gasteiger partial charge in [0.15, 0.2) is 0 Å². The molecule has 9 heteroatoms. The summed E-state index contributed by atoms with van der Waals surface area (Å²) in [6, 6.07) is 3.84. The normalized spacial score (nSPS) is 15.6. The predicted octanol–water partition coefficient (Wildman–Crippen LogP) is 3.14. The summed E-state index contributed by atoms with van der Waals surface area (Å²) in [5.74, 6) is 0.560. The number of benzene rings is 1. The number of hydrogen-bond donors (Lipinski definition) is 0. The molecule has 0 aliphatic carbocycles. The van der Waals surface area contributed by atoms with Gasteiger partial charge in [-0.25, -0.2) is 9.67 Å². The fourth-order valence-corrected chi connectivity index (χ4v) is 4.72. The fourth-order valence-electron chi connectivity index (χ4n) is 4.31. The van der Waals surface area contributed by atoms with Gasteiger partial charge in [0.1, 0.15) is 5.02 Å². The topological polar surface area (TPSA) is 73.0 Å². The first-order valence-corrected chi connectivity index (χ1v) is 11.3. The molecule has 1 aliphatic rings. The second-order valence-corrected chi connectivity index (χ2v) is 8.97. The van der Waals surface area contributed by atoms with Gasteiger partial charge < -0.3 is 4.90 Å². The van der Waals surface area contributed by atoms with Gasteiger partial charge in [-0.05, 0) is 62.9 Å². The Labute approximate surface area is 190 Å². The minimum atomic E-state index is -0.185. The van der Waals surface area contributed by atoms with E-state index in [9.17, 15) is 9.59 Å². The lowest BCUT2D eigenvalue weighted by Crippen LogP contribution is -2.35. The second kappa shape index (κ2) is 9.51. The zero-order valence-corrected chi connectivity index (χ0v) is 18.9. The van der Waals surface area contributed by atoms with Crippen LogP contribution in [0.1, 0.15) is 24.8 Å². The first kappa shape index (κ1) is 22.0. The van der Waals surface area contributed by atoms with Gasteiger partial charge in [-0.15, -0.1) is 0 Å². The van der Waals surface area contributed by atoms with Crippen LogP contribution in [0, 0.1) is 5.92 Å². The largest absolute Gasteiger partial charge is 0.303 e. The van der Waals surface area contributed by atoms with Crippen molar-refractivity contribution in [3.05, 3.63) is 67.2 Å². The van der Waals surface area contributed by atoms with Crippen molar-refractivity contribution in [2.75, 3.05) is 19.6 Å². The number of likely N-dealkylation sites (tertiary alicyclic amines) is 1. The average Bonchev–Trinajstić information content (AvgIpc) is 2.76. The maximum Gasteiger partial charge on any atom is 0.275 e. The SMILES string of the molecule is Cn1ncc2c(CC3CCN(CCCn4cncc(Cl)c4=O)CC3)ccc(Cl)c2c1=O. The molecule has 1 aliphatic heterocycles. The highest BCUT2D eigenvalue weighted by molar-refractivity contribution is 6.35. The van der Waals surface area contributed by atoms with Crippen molar-refractivity contribution in [3.8, 4) is 0 Å². The van der Waals surface area contributed by atoms with Crippen LogP contribution in [0.5, 0.6) is 0 Å². The molecule has 1 saturated heterocycles. The van der Waals surface area contributed by atoms with Crippen molar-refractivity contribution in [1.29, 1.82) is 0 Å². The molecule has 3 aromatic rings. The van der Waals surface area contributed by atoms with Gasteiger partial charge in [-0.3, -0.25) is 14.2 Å². The summed E-state index contributed by atoms with van der Waals surface area (Å²) in [6.07, 6.45) is 8.66. The van der Waals surface area contributed by atoms with Crippen LogP contribution in [-0.4, -0.2) is 43.9 Å². The van der Waals surface area contributed by atoms with Crippen LogP contribution >= 0.6 is 23.2 Å². The van der Waals surface area contributed by atoms with E-state index in [2.05, 4.69) is 15.0 Å². The fraction of sp³-hybridized carbons (Fsp3) is 0.455. The molecular formula is C22H25Cl2N5O2. The van der Waals surface area contributed by atoms with E-state index in [1.807, 2.05) is 12.1 Å². The Kier molecular flexibility index (Phi) is 6.74. The van der Waals surface area contributed by atoms with Crippen molar-refractivity contribution in [3.63, 3.8) is 0 Å². The zero-order valence-electron chi connectivity index (χ0n) is 17.4. The van der Waals surface area contributed by atoms with Gasteiger partial charge in [-0.1, -0.05) is 29.3 Å². The molecule has 4 rings (SSSR count). The van der Waals surface area contributed by atoms with E-state index < -0.39 is 0 Å². The molecule has 31 heavy (non-hydrogen) atoms. The number of hydrogen-bond acceptors (Lipinski definition) is 5. The molecule has 0 spiro atoms. The molecule has 1 aromatic carbocycles. The van der Waals surface area contributed by atoms with Crippen LogP contribution in [0.25, 0.3) is 10.8 Å². The van der Waals surface area contributed by atoms with Crippen LogP contribution in [0.3, 0.4) is 0 Å². The van der Waals surface area contributed by atoms with Gasteiger partial charge >= 0.3 is 0 Å². The average molecular weight is 462 g/mol. The number of piperidine rings is 1. The van der Waals surface area contributed by atoms with E-state index in [-0.39, 0.29) is 16.1 Å². The zero-order chi connectivity index (χ0) is 22.0. The van der Waals surface area contributed by atoms with Gasteiger partial charge in [0.05, 0.1) is 29.1 Å². The maximum atomic E-state index is 12.5. The Morgan fingerprint density at radius 3 is 2.58 bits per heavy atom. The summed E-state index contributed by atoms with van der Waals surface area (Å²) in [4.78, 5) is 30.8. The summed E-state index contributed by atoms with van der Waals surface area (Å²) in [5, 5.41) is 6.24. The van der Waals surface area contributed by atoms with Crippen LogP contribution in [-0.2, 0) is 20.0 Å². The molecule has 0 amide bonds. The van der Waals surface area contributed by atoms with Crippen LogP contribution < -0.4 is 11.1 Å². The number of aromatic nitrogens is 4. The third kappa shape index (κ3) is 4.84. The molecule has 164 valence electrons. The van der Waals surface area contributed by atoms with Gasteiger partial charge in [0.2, 0.25) is 0 Å². The highest BCUT2D eigenvalue weighted by Crippen LogP contribution is 2.28. The number of rotatable bonds is 6. The van der Waals surface area contributed by atoms with Gasteiger partial charge in [0, 0.05) is 19.0 Å². The standard InChI is InChI=1S/C22H25Cl2N5O2/c1-27-22(31)20-17(12-26-27)16(3-4-18(20)23)11-15-5-9-28(10-6-15)7-2-8-29-14-25-13-19(24)21(29)30/h3-4,12-15H,2,5-11H2,1H3. The molecule has 0 unspecified atom stereocenters. The Morgan fingerprint density at radius 1 is 1.03 bits per heavy atom. The van der Waals surface area contributed by atoms with E-state index in [4.69, 9.17) is 23.2 Å². The summed E-state index contributed by atoms with van der Waals surface area (Å²) in [7, 11) is 1.64. The minimum absolute atomic E-state index is 0.158. The molecule has 0 bridgehead atoms. The quantitative estimate of drug-likeness (QED) is 0.563. The lowest BCUT2D eigenvalue weighted by atomic mass is 9.88. The van der Waals surface area contributed by atoms with Crippen molar-refractivity contribution in [1.82, 2.24) is 24.2 Å². The van der Waals surface area contributed by atoms with Crippen molar-refractivity contribution in [2.24, 2.45) is 13.0 Å². The summed E-state index contributed by atoms with van der Waals surface area (Å²) in [6.45, 7) is 3.61. The molecule has 2 aromatic heterocycles. The van der Waals surface area contributed by atoms with Gasteiger partial charge in [0.25, 0.3) is 11.1 Å². The third-order valence-electron chi connectivity index (χ3n) is 6.10. The molecule has 0 atom stereocenters. The Hall–Kier alpha value is -2.22. The molecule has 1 fully saturated rings. The Morgan fingerprint density at radius 2 is 1.81 bits per heavy atom. The van der Waals surface area contributed by atoms with Gasteiger partial charge in [-0.2, -0.15) is 5.10 Å². The van der Waals surface area contributed by atoms with Crippen molar-refractivity contribution in [2.45, 2.75) is 32.2 Å². The monoisotopic (exact) mass is 461 g/mol. The second-order valence-electron chi connectivity index (χ2n) is 8.15. The first-order chi connectivity index (χ1) is 14.9. The van der Waals surface area contributed by atoms with Crippen LogP contribution in [0.4, 0.5) is 0 Å². The van der Waals surface area contributed by atoms with Crippen molar-refractivity contribution < 1.29 is 0 Å². The minimum Gasteiger partial charge on any atom is -0.303 e. The van der Waals surface area contributed by atoms with Crippen molar-refractivity contribution >= 4 is 34.0 Å². The summed E-state index contributed by atoms with van der Waals surface area (Å²) in [5.41, 5.74) is 0.791. The number of fused-ring (bicyclic) bond motifs is 1. The predicted molar refractivity (Wildman–Crippen MR) is 123 cm³/mol. The molecule has 0 radical (unpaired) electrons. The molecule has 3 heterocycles. The third-order valence-corrected chi connectivity index (χ3v) is 6.68. The lowest BCUT2D eigenvalue weighted by Gasteiger charge is -2.32. The highest BCUT2D eigenvalue weighted by atomic mass is 35.5. The number of aryl methyl sites for hydroxylation is 2. The smallest absolute Gasteiger partial charge is 0.275 e. The number of halogens is 2. The maximum absolute atomic E-state index is 12.5. The molecule has 0 N–H and O–H groups in total. The Bertz CT molecular complexity index is 1200. The van der Waals surface area contributed by atoms with E-state index in [0.717, 1.165) is 56.3 Å². The summed E-state index contributed by atoms with van der Waals surface area (Å²) >= 11 is 12.1. The molecular weight excluding hydrogens is 437 g/mol. The van der Waals surface area contributed by atoms with Crippen LogP contribution in [0.15, 0.2) is 40.4 Å². The molecule has 7 nitrogen and oxygen atoms in total. The molecule has 0 saturated carbocycles.